The number of piperidine rings is 1. The van der Waals surface area contributed by atoms with Crippen molar-refractivity contribution in [2.45, 2.75) is 32.4 Å². The van der Waals surface area contributed by atoms with Crippen LogP contribution in [0.5, 0.6) is 0 Å². The molecular weight excluding hydrogens is 304 g/mol. The van der Waals surface area contributed by atoms with Crippen LogP contribution in [-0.2, 0) is 6.54 Å². The number of likely N-dealkylation sites (tertiary alicyclic amines) is 1. The van der Waals surface area contributed by atoms with Crippen molar-refractivity contribution < 1.29 is 0 Å². The van der Waals surface area contributed by atoms with Gasteiger partial charge < -0.3 is 10.2 Å². The molecule has 1 saturated heterocycles. The van der Waals surface area contributed by atoms with E-state index in [0.29, 0.717) is 6.04 Å². The molecule has 1 N–H and O–H groups in total. The molecule has 1 aliphatic rings. The van der Waals surface area contributed by atoms with Gasteiger partial charge in [0.15, 0.2) is 0 Å². The van der Waals surface area contributed by atoms with Gasteiger partial charge in [-0.05, 0) is 49.7 Å². The predicted octanol–water partition coefficient (Wildman–Crippen LogP) is 4.58. The zero-order valence-corrected chi connectivity index (χ0v) is 14.5. The Balaban J connectivity index is 1.55. The van der Waals surface area contributed by atoms with Gasteiger partial charge >= 0.3 is 0 Å². The van der Waals surface area contributed by atoms with Crippen molar-refractivity contribution in [2.75, 3.05) is 19.6 Å². The van der Waals surface area contributed by atoms with Crippen LogP contribution < -0.4 is 5.32 Å². The molecule has 1 fully saturated rings. The molecule has 1 heterocycles. The lowest BCUT2D eigenvalue weighted by Gasteiger charge is -2.31. The number of rotatable bonds is 5. The van der Waals surface area contributed by atoms with Gasteiger partial charge in [-0.15, -0.1) is 0 Å². The highest BCUT2D eigenvalue weighted by Crippen LogP contribution is 2.27. The number of nitrogens with zero attached hydrogens (tertiary/aromatic N) is 1. The summed E-state index contributed by atoms with van der Waals surface area (Å²) >= 11 is 6.27. The fourth-order valence-electron chi connectivity index (χ4n) is 3.21. The fourth-order valence-corrected chi connectivity index (χ4v) is 3.46. The summed E-state index contributed by atoms with van der Waals surface area (Å²) in [5.41, 5.74) is 3.61. The maximum Gasteiger partial charge on any atom is 0.0484 e. The van der Waals surface area contributed by atoms with Crippen LogP contribution in [0.1, 0.15) is 25.3 Å². The van der Waals surface area contributed by atoms with E-state index in [9.17, 15) is 0 Å². The molecule has 3 heteroatoms. The van der Waals surface area contributed by atoms with E-state index in [1.54, 1.807) is 0 Å². The van der Waals surface area contributed by atoms with Gasteiger partial charge in [0.2, 0.25) is 0 Å². The number of hydrogen-bond donors (Lipinski definition) is 1. The second-order valence-corrected chi connectivity index (χ2v) is 6.67. The number of benzene rings is 2. The van der Waals surface area contributed by atoms with Crippen LogP contribution >= 0.6 is 11.6 Å². The first-order valence-corrected chi connectivity index (χ1v) is 8.93. The van der Waals surface area contributed by atoms with Crippen LogP contribution in [0.2, 0.25) is 5.02 Å². The quantitative estimate of drug-likeness (QED) is 0.864. The van der Waals surface area contributed by atoms with Crippen molar-refractivity contribution in [1.82, 2.24) is 10.2 Å². The summed E-state index contributed by atoms with van der Waals surface area (Å²) in [7, 11) is 0. The summed E-state index contributed by atoms with van der Waals surface area (Å²) in [5.74, 6) is 0. The Morgan fingerprint density at radius 2 is 1.74 bits per heavy atom. The zero-order valence-electron chi connectivity index (χ0n) is 13.8. The molecule has 122 valence electrons. The molecule has 1 aliphatic heterocycles. The van der Waals surface area contributed by atoms with E-state index in [-0.39, 0.29) is 0 Å². The smallest absolute Gasteiger partial charge is 0.0484 e. The summed E-state index contributed by atoms with van der Waals surface area (Å²) in [4.78, 5) is 2.52. The minimum absolute atomic E-state index is 0.654. The standard InChI is InChI=1S/C20H25ClN2/c1-2-23-13-11-18(12-14-23)22-15-16-7-9-17(10-8-16)19-5-3-4-6-20(19)21/h3-10,18,22H,2,11-15H2,1H3. The lowest BCUT2D eigenvalue weighted by Crippen LogP contribution is -2.42. The first-order valence-electron chi connectivity index (χ1n) is 8.56. The Hall–Kier alpha value is -1.35. The van der Waals surface area contributed by atoms with E-state index in [4.69, 9.17) is 11.6 Å². The second-order valence-electron chi connectivity index (χ2n) is 6.27. The lowest BCUT2D eigenvalue weighted by molar-refractivity contribution is 0.206. The third kappa shape index (κ3) is 4.35. The molecule has 0 spiro atoms. The zero-order chi connectivity index (χ0) is 16.1. The van der Waals surface area contributed by atoms with Crippen LogP contribution in [-0.4, -0.2) is 30.6 Å². The van der Waals surface area contributed by atoms with Gasteiger partial charge in [-0.2, -0.15) is 0 Å². The lowest BCUT2D eigenvalue weighted by atomic mass is 10.0. The van der Waals surface area contributed by atoms with Gasteiger partial charge in [0.1, 0.15) is 0 Å². The number of halogens is 1. The molecule has 0 amide bonds. The fraction of sp³-hybridized carbons (Fsp3) is 0.400. The van der Waals surface area contributed by atoms with Crippen LogP contribution in [0.4, 0.5) is 0 Å². The van der Waals surface area contributed by atoms with Crippen molar-refractivity contribution in [2.24, 2.45) is 0 Å². The maximum atomic E-state index is 6.27. The molecule has 0 aliphatic carbocycles. The molecule has 23 heavy (non-hydrogen) atoms. The molecular formula is C20H25ClN2. The normalized spacial score (nSPS) is 16.6. The molecule has 0 atom stereocenters. The van der Waals surface area contributed by atoms with Crippen molar-refractivity contribution in [3.05, 3.63) is 59.1 Å². The van der Waals surface area contributed by atoms with Crippen LogP contribution in [0.25, 0.3) is 11.1 Å². The van der Waals surface area contributed by atoms with E-state index >= 15 is 0 Å². The Labute approximate surface area is 144 Å². The largest absolute Gasteiger partial charge is 0.310 e. The van der Waals surface area contributed by atoms with Crippen LogP contribution in [0.3, 0.4) is 0 Å². The Bertz CT molecular complexity index is 616. The molecule has 0 radical (unpaired) electrons. The second kappa shape index (κ2) is 7.96. The summed E-state index contributed by atoms with van der Waals surface area (Å²) in [6.07, 6.45) is 2.51. The topological polar surface area (TPSA) is 15.3 Å². The summed E-state index contributed by atoms with van der Waals surface area (Å²) in [6, 6.07) is 17.4. The summed E-state index contributed by atoms with van der Waals surface area (Å²) < 4.78 is 0. The third-order valence-electron chi connectivity index (χ3n) is 4.77. The van der Waals surface area contributed by atoms with Crippen LogP contribution in [0, 0.1) is 0 Å². The van der Waals surface area contributed by atoms with E-state index in [2.05, 4.69) is 47.5 Å². The van der Waals surface area contributed by atoms with Gasteiger partial charge in [0.05, 0.1) is 0 Å². The Morgan fingerprint density at radius 3 is 2.39 bits per heavy atom. The number of nitrogens with one attached hydrogen (secondary N) is 1. The summed E-state index contributed by atoms with van der Waals surface area (Å²) in [6.45, 7) is 6.81. The van der Waals surface area contributed by atoms with Crippen molar-refractivity contribution in [3.8, 4) is 11.1 Å². The van der Waals surface area contributed by atoms with Crippen molar-refractivity contribution in [3.63, 3.8) is 0 Å². The molecule has 0 bridgehead atoms. The molecule has 2 aromatic carbocycles. The van der Waals surface area contributed by atoms with Crippen LogP contribution in [0.15, 0.2) is 48.5 Å². The van der Waals surface area contributed by atoms with Gasteiger partial charge in [-0.25, -0.2) is 0 Å². The van der Waals surface area contributed by atoms with E-state index in [1.165, 1.54) is 43.6 Å². The number of hydrogen-bond acceptors (Lipinski definition) is 2. The average Bonchev–Trinajstić information content (AvgIpc) is 2.61. The first kappa shape index (κ1) is 16.5. The van der Waals surface area contributed by atoms with Gasteiger partial charge in [-0.3, -0.25) is 0 Å². The van der Waals surface area contributed by atoms with Gasteiger partial charge in [0.25, 0.3) is 0 Å². The predicted molar refractivity (Wildman–Crippen MR) is 98.9 cm³/mol. The highest BCUT2D eigenvalue weighted by Gasteiger charge is 2.17. The summed E-state index contributed by atoms with van der Waals surface area (Å²) in [5, 5.41) is 4.51. The molecule has 0 saturated carbocycles. The Morgan fingerprint density at radius 1 is 1.04 bits per heavy atom. The SMILES string of the molecule is CCN1CCC(NCc2ccc(-c3ccccc3Cl)cc2)CC1. The van der Waals surface area contributed by atoms with Gasteiger partial charge in [0, 0.05) is 23.2 Å². The molecule has 2 nitrogen and oxygen atoms in total. The first-order chi connectivity index (χ1) is 11.3. The Kier molecular flexibility index (Phi) is 5.71. The molecule has 0 aromatic heterocycles. The van der Waals surface area contributed by atoms with E-state index < -0.39 is 0 Å². The third-order valence-corrected chi connectivity index (χ3v) is 5.10. The minimum atomic E-state index is 0.654. The van der Waals surface area contributed by atoms with Crippen molar-refractivity contribution in [1.29, 1.82) is 0 Å². The van der Waals surface area contributed by atoms with E-state index in [1.807, 2.05) is 18.2 Å². The average molecular weight is 329 g/mol. The highest BCUT2D eigenvalue weighted by atomic mass is 35.5. The maximum absolute atomic E-state index is 6.27. The van der Waals surface area contributed by atoms with Crippen molar-refractivity contribution >= 4 is 11.6 Å². The monoisotopic (exact) mass is 328 g/mol. The molecule has 3 rings (SSSR count). The van der Waals surface area contributed by atoms with Gasteiger partial charge in [-0.1, -0.05) is 61.0 Å². The highest BCUT2D eigenvalue weighted by molar-refractivity contribution is 6.33. The van der Waals surface area contributed by atoms with E-state index in [0.717, 1.165) is 17.1 Å². The molecule has 0 unspecified atom stereocenters. The molecule has 2 aromatic rings. The minimum Gasteiger partial charge on any atom is -0.310 e.